The molecule has 1 aliphatic heterocycles. The molecule has 1 rings (SSSR count). The van der Waals surface area contributed by atoms with Crippen LogP contribution in [-0.2, 0) is 4.79 Å². The molecular formula is C13H24N2O3S. The minimum Gasteiger partial charge on any atom is -0.480 e. The number of carbonyl (C=O) groups is 2. The lowest BCUT2D eigenvalue weighted by Gasteiger charge is -2.39. The third kappa shape index (κ3) is 4.60. The van der Waals surface area contributed by atoms with Crippen molar-refractivity contribution in [2.24, 2.45) is 0 Å². The van der Waals surface area contributed by atoms with E-state index in [1.54, 1.807) is 16.7 Å². The van der Waals surface area contributed by atoms with E-state index in [2.05, 4.69) is 5.32 Å². The topological polar surface area (TPSA) is 69.6 Å². The Labute approximate surface area is 119 Å². The summed E-state index contributed by atoms with van der Waals surface area (Å²) in [5.74, 6) is -0.234. The highest BCUT2D eigenvalue weighted by atomic mass is 32.2. The Morgan fingerprint density at radius 1 is 1.37 bits per heavy atom. The maximum absolute atomic E-state index is 12.2. The first kappa shape index (κ1) is 16.1. The molecule has 0 radical (unpaired) electrons. The Morgan fingerprint density at radius 2 is 1.95 bits per heavy atom. The van der Waals surface area contributed by atoms with E-state index in [-0.39, 0.29) is 18.1 Å². The molecule has 110 valence electrons. The average molecular weight is 288 g/mol. The van der Waals surface area contributed by atoms with E-state index in [0.717, 1.165) is 25.0 Å². The number of likely N-dealkylation sites (tertiary alicyclic amines) is 1. The molecule has 0 aromatic carbocycles. The number of carbonyl (C=O) groups excluding carboxylic acids is 1. The molecule has 0 aromatic rings. The largest absolute Gasteiger partial charge is 0.480 e. The molecule has 0 aliphatic carbocycles. The van der Waals surface area contributed by atoms with Gasteiger partial charge in [-0.25, -0.2) is 9.59 Å². The van der Waals surface area contributed by atoms with Crippen LogP contribution >= 0.6 is 11.8 Å². The average Bonchev–Trinajstić information content (AvgIpc) is 2.33. The maximum Gasteiger partial charge on any atom is 0.326 e. The highest BCUT2D eigenvalue weighted by molar-refractivity contribution is 7.98. The molecule has 6 heteroatoms. The SMILES string of the molecule is CSCCC(NC(=O)N1[C@H](C)CCC[C@@H]1C)C(=O)O. The standard InChI is InChI=1S/C13H24N2O3S/c1-9-5-4-6-10(2)15(9)13(18)14-11(12(16)17)7-8-19-3/h9-11H,4-8H2,1-3H3,(H,14,18)(H,16,17)/t9-,10+,11?. The number of urea groups is 1. The fourth-order valence-electron chi connectivity index (χ4n) is 2.54. The molecule has 0 saturated carbocycles. The number of rotatable bonds is 5. The van der Waals surface area contributed by atoms with E-state index >= 15 is 0 Å². The Hall–Kier alpha value is -0.910. The van der Waals surface area contributed by atoms with Gasteiger partial charge in [0.1, 0.15) is 6.04 Å². The van der Waals surface area contributed by atoms with Gasteiger partial charge in [-0.15, -0.1) is 0 Å². The minimum atomic E-state index is -0.959. The molecular weight excluding hydrogens is 264 g/mol. The lowest BCUT2D eigenvalue weighted by molar-refractivity contribution is -0.139. The fraction of sp³-hybridized carbons (Fsp3) is 0.846. The monoisotopic (exact) mass is 288 g/mol. The lowest BCUT2D eigenvalue weighted by Crippen LogP contribution is -2.55. The van der Waals surface area contributed by atoms with Crippen molar-refractivity contribution in [1.29, 1.82) is 0 Å². The van der Waals surface area contributed by atoms with E-state index in [9.17, 15) is 9.59 Å². The number of piperidine rings is 1. The van der Waals surface area contributed by atoms with E-state index in [1.807, 2.05) is 20.1 Å². The second-order valence-electron chi connectivity index (χ2n) is 5.16. The summed E-state index contributed by atoms with van der Waals surface area (Å²) in [5, 5.41) is 11.8. The number of carboxylic acid groups (broad SMARTS) is 1. The molecule has 1 aliphatic rings. The van der Waals surface area contributed by atoms with Gasteiger partial charge >= 0.3 is 12.0 Å². The molecule has 0 bridgehead atoms. The molecule has 1 unspecified atom stereocenters. The van der Waals surface area contributed by atoms with E-state index in [1.165, 1.54) is 0 Å². The fourth-order valence-corrected chi connectivity index (χ4v) is 3.01. The van der Waals surface area contributed by atoms with Gasteiger partial charge in [-0.2, -0.15) is 11.8 Å². The van der Waals surface area contributed by atoms with Gasteiger partial charge in [-0.05, 0) is 51.5 Å². The van der Waals surface area contributed by atoms with Gasteiger partial charge < -0.3 is 15.3 Å². The molecule has 1 fully saturated rings. The second-order valence-corrected chi connectivity index (χ2v) is 6.14. The Kier molecular flexibility index (Phi) is 6.48. The van der Waals surface area contributed by atoms with Crippen LogP contribution in [0, 0.1) is 0 Å². The molecule has 0 spiro atoms. The summed E-state index contributed by atoms with van der Waals surface area (Å²) in [6.45, 7) is 4.04. The van der Waals surface area contributed by atoms with Crippen LogP contribution in [-0.4, -0.2) is 52.1 Å². The Bertz CT molecular complexity index is 315. The molecule has 1 heterocycles. The van der Waals surface area contributed by atoms with Gasteiger partial charge in [0.25, 0.3) is 0 Å². The quantitative estimate of drug-likeness (QED) is 0.813. The van der Waals surface area contributed by atoms with Crippen molar-refractivity contribution in [3.63, 3.8) is 0 Å². The number of aliphatic carboxylic acids is 1. The number of hydrogen-bond acceptors (Lipinski definition) is 3. The molecule has 5 nitrogen and oxygen atoms in total. The van der Waals surface area contributed by atoms with Crippen molar-refractivity contribution < 1.29 is 14.7 Å². The molecule has 3 atom stereocenters. The highest BCUT2D eigenvalue weighted by Gasteiger charge is 2.31. The van der Waals surface area contributed by atoms with Crippen molar-refractivity contribution in [1.82, 2.24) is 10.2 Å². The zero-order valence-corrected chi connectivity index (χ0v) is 12.7. The van der Waals surface area contributed by atoms with Gasteiger partial charge in [0.15, 0.2) is 0 Å². The molecule has 2 amide bonds. The molecule has 2 N–H and O–H groups in total. The summed E-state index contributed by atoms with van der Waals surface area (Å²) in [6, 6.07) is -0.674. The molecule has 19 heavy (non-hydrogen) atoms. The third-order valence-electron chi connectivity index (χ3n) is 3.63. The van der Waals surface area contributed by atoms with E-state index in [4.69, 9.17) is 5.11 Å². The summed E-state index contributed by atoms with van der Waals surface area (Å²) in [6.07, 6.45) is 5.48. The highest BCUT2D eigenvalue weighted by Crippen LogP contribution is 2.22. The summed E-state index contributed by atoms with van der Waals surface area (Å²) in [4.78, 5) is 25.2. The van der Waals surface area contributed by atoms with Crippen LogP contribution in [0.15, 0.2) is 0 Å². The number of hydrogen-bond donors (Lipinski definition) is 2. The lowest BCUT2D eigenvalue weighted by atomic mass is 9.98. The van der Waals surface area contributed by atoms with Gasteiger partial charge in [0.2, 0.25) is 0 Å². The van der Waals surface area contributed by atoms with Gasteiger partial charge in [0.05, 0.1) is 0 Å². The normalized spacial score (nSPS) is 24.9. The van der Waals surface area contributed by atoms with Gasteiger partial charge in [-0.3, -0.25) is 0 Å². The van der Waals surface area contributed by atoms with E-state index < -0.39 is 12.0 Å². The summed E-state index contributed by atoms with van der Waals surface area (Å²) in [7, 11) is 0. The van der Waals surface area contributed by atoms with Crippen LogP contribution < -0.4 is 5.32 Å². The van der Waals surface area contributed by atoms with E-state index in [0.29, 0.717) is 6.42 Å². The predicted molar refractivity (Wildman–Crippen MR) is 77.6 cm³/mol. The number of thioether (sulfide) groups is 1. The van der Waals surface area contributed by atoms with Crippen LogP contribution in [0.3, 0.4) is 0 Å². The Balaban J connectivity index is 2.62. The van der Waals surface area contributed by atoms with Crippen molar-refractivity contribution >= 4 is 23.8 Å². The Morgan fingerprint density at radius 3 is 2.42 bits per heavy atom. The predicted octanol–water partition coefficient (Wildman–Crippen LogP) is 2.17. The smallest absolute Gasteiger partial charge is 0.326 e. The number of nitrogens with zero attached hydrogens (tertiary/aromatic N) is 1. The van der Waals surface area contributed by atoms with Crippen LogP contribution in [0.2, 0.25) is 0 Å². The van der Waals surface area contributed by atoms with Gasteiger partial charge in [-0.1, -0.05) is 0 Å². The summed E-state index contributed by atoms with van der Waals surface area (Å²) >= 11 is 1.58. The van der Waals surface area contributed by atoms with Gasteiger partial charge in [0, 0.05) is 12.1 Å². The number of amides is 2. The molecule has 1 saturated heterocycles. The first-order chi connectivity index (χ1) is 8.97. The number of nitrogens with one attached hydrogen (secondary N) is 1. The first-order valence-corrected chi connectivity index (χ1v) is 8.17. The third-order valence-corrected chi connectivity index (χ3v) is 4.28. The summed E-state index contributed by atoms with van der Waals surface area (Å²) < 4.78 is 0. The van der Waals surface area contributed by atoms with Crippen LogP contribution in [0.4, 0.5) is 4.79 Å². The molecule has 0 aromatic heterocycles. The number of carboxylic acids is 1. The minimum absolute atomic E-state index is 0.179. The second kappa shape index (κ2) is 7.62. The van der Waals surface area contributed by atoms with Crippen LogP contribution in [0.1, 0.15) is 39.5 Å². The zero-order valence-electron chi connectivity index (χ0n) is 11.9. The van der Waals surface area contributed by atoms with Crippen molar-refractivity contribution in [3.8, 4) is 0 Å². The maximum atomic E-state index is 12.2. The zero-order chi connectivity index (χ0) is 14.4. The summed E-state index contributed by atoms with van der Waals surface area (Å²) in [5.41, 5.74) is 0. The van der Waals surface area contributed by atoms with Crippen LogP contribution in [0.25, 0.3) is 0 Å². The van der Waals surface area contributed by atoms with Crippen molar-refractivity contribution in [3.05, 3.63) is 0 Å². The first-order valence-electron chi connectivity index (χ1n) is 6.78. The van der Waals surface area contributed by atoms with Crippen molar-refractivity contribution in [2.75, 3.05) is 12.0 Å². The van der Waals surface area contributed by atoms with Crippen LogP contribution in [0.5, 0.6) is 0 Å². The van der Waals surface area contributed by atoms with Crippen molar-refractivity contribution in [2.45, 2.75) is 57.7 Å².